The van der Waals surface area contributed by atoms with Gasteiger partial charge >= 0.3 is 0 Å². The van der Waals surface area contributed by atoms with Crippen molar-refractivity contribution in [1.82, 2.24) is 0 Å². The van der Waals surface area contributed by atoms with E-state index in [0.29, 0.717) is 33.5 Å². The van der Waals surface area contributed by atoms with E-state index < -0.39 is 56.3 Å². The van der Waals surface area contributed by atoms with Crippen molar-refractivity contribution in [2.45, 2.75) is 31.9 Å². The lowest BCUT2D eigenvalue weighted by Gasteiger charge is -2.21. The minimum Gasteiger partial charge on any atom is -0.282 e. The molecule has 6 aromatic rings. The molecule has 0 atom stereocenters. The van der Waals surface area contributed by atoms with Gasteiger partial charge in [-0.15, -0.1) is 0 Å². The smallest absolute Gasteiger partial charge is 0.282 e. The first kappa shape index (κ1) is 41.5. The molecular weight excluding hydrogens is 839 g/mol. The van der Waals surface area contributed by atoms with Gasteiger partial charge in [-0.05, 0) is 108 Å². The molecular formula is C38H32O12P2S4. The molecule has 4 N–H and O–H groups in total. The zero-order valence-corrected chi connectivity index (χ0v) is 33.9. The molecule has 12 nitrogen and oxygen atoms in total. The standard InChI is InChI=1S/C38H32O12P2S4/c39-53(40,41)35-9-1-5-31(21-35)51(32-6-2-10-36(22-32)54(42,43)44)25-27-13-17-29(18-14-27)30-19-15-28(16-20-30)26-52(33-7-3-11-37(23-33)55(45,46)47)34-8-4-12-38(24-34)56(48,49)50/h1-24H,25-26H2,(H,39,40,41)(H,42,43,44)(H,45,46,47)(H,48,49,50). The lowest BCUT2D eigenvalue weighted by molar-refractivity contribution is 0.481. The van der Waals surface area contributed by atoms with Crippen LogP contribution in [-0.2, 0) is 52.8 Å². The summed E-state index contributed by atoms with van der Waals surface area (Å²) in [5, 5.41) is 2.21. The highest BCUT2D eigenvalue weighted by molar-refractivity contribution is 7.86. The topological polar surface area (TPSA) is 217 Å². The summed E-state index contributed by atoms with van der Waals surface area (Å²) in [7, 11) is -20.9. The highest BCUT2D eigenvalue weighted by atomic mass is 32.2. The second kappa shape index (κ2) is 16.4. The summed E-state index contributed by atoms with van der Waals surface area (Å²) in [6.45, 7) is 0. The van der Waals surface area contributed by atoms with Crippen LogP contribution in [0.5, 0.6) is 0 Å². The maximum Gasteiger partial charge on any atom is 0.294 e. The Morgan fingerprint density at radius 1 is 0.339 bits per heavy atom. The van der Waals surface area contributed by atoms with Gasteiger partial charge in [-0.2, -0.15) is 33.7 Å². The van der Waals surface area contributed by atoms with Gasteiger partial charge in [0.15, 0.2) is 0 Å². The first-order valence-corrected chi connectivity index (χ1v) is 25.1. The van der Waals surface area contributed by atoms with Crippen molar-refractivity contribution in [2.24, 2.45) is 0 Å². The average Bonchev–Trinajstić information content (AvgIpc) is 3.15. The Morgan fingerprint density at radius 2 is 0.571 bits per heavy atom. The fourth-order valence-electron chi connectivity index (χ4n) is 5.88. The fraction of sp³-hybridized carbons (Fsp3) is 0.0526. The van der Waals surface area contributed by atoms with Gasteiger partial charge in [-0.1, -0.05) is 97.1 Å². The Balaban J connectivity index is 1.29. The Kier molecular flexibility index (Phi) is 12.1. The first-order valence-electron chi connectivity index (χ1n) is 16.3. The van der Waals surface area contributed by atoms with Crippen molar-refractivity contribution in [1.29, 1.82) is 0 Å². The van der Waals surface area contributed by atoms with Crippen molar-refractivity contribution in [3.05, 3.63) is 157 Å². The molecule has 0 aliphatic heterocycles. The van der Waals surface area contributed by atoms with Crippen LogP contribution in [-0.4, -0.2) is 51.9 Å². The van der Waals surface area contributed by atoms with Gasteiger partial charge in [0.25, 0.3) is 40.5 Å². The molecule has 0 heterocycles. The summed E-state index contributed by atoms with van der Waals surface area (Å²) < 4.78 is 134. The van der Waals surface area contributed by atoms with Crippen molar-refractivity contribution >= 4 is 77.5 Å². The molecule has 0 amide bonds. The van der Waals surface area contributed by atoms with Gasteiger partial charge in [-0.25, -0.2) is 0 Å². The van der Waals surface area contributed by atoms with E-state index in [1.165, 1.54) is 72.8 Å². The zero-order valence-electron chi connectivity index (χ0n) is 28.9. The van der Waals surface area contributed by atoms with Gasteiger partial charge in [-0.3, -0.25) is 18.2 Å². The van der Waals surface area contributed by atoms with E-state index in [2.05, 4.69) is 0 Å². The number of hydrogen-bond acceptors (Lipinski definition) is 8. The molecule has 0 unspecified atom stereocenters. The Morgan fingerprint density at radius 3 is 0.786 bits per heavy atom. The minimum absolute atomic E-state index is 0.307. The maximum absolute atomic E-state index is 11.9. The minimum atomic E-state index is -4.52. The second-order valence-electron chi connectivity index (χ2n) is 12.5. The zero-order chi connectivity index (χ0) is 40.5. The maximum atomic E-state index is 11.9. The predicted octanol–water partition coefficient (Wildman–Crippen LogP) is 5.61. The summed E-state index contributed by atoms with van der Waals surface area (Å²) in [5.74, 6) is 0. The molecule has 6 aromatic carbocycles. The lowest BCUT2D eigenvalue weighted by atomic mass is 10.0. The van der Waals surface area contributed by atoms with Crippen LogP contribution in [0, 0.1) is 0 Å². The number of rotatable bonds is 13. The van der Waals surface area contributed by atoms with E-state index in [1.54, 1.807) is 24.3 Å². The van der Waals surface area contributed by atoms with E-state index in [0.717, 1.165) is 22.3 Å². The van der Waals surface area contributed by atoms with E-state index in [9.17, 15) is 51.9 Å². The van der Waals surface area contributed by atoms with Crippen LogP contribution in [0.25, 0.3) is 11.1 Å². The monoisotopic (exact) mass is 870 g/mol. The quantitative estimate of drug-likeness (QED) is 0.0824. The van der Waals surface area contributed by atoms with Crippen LogP contribution >= 0.6 is 15.8 Å². The molecule has 0 aromatic heterocycles. The van der Waals surface area contributed by atoms with Crippen molar-refractivity contribution in [2.75, 3.05) is 0 Å². The number of benzene rings is 6. The third-order valence-corrected chi connectivity index (χ3v) is 17.0. The SMILES string of the molecule is O=S(=O)(O)c1cccc(P(Cc2ccc(-c3ccc(CP(c4cccc(S(=O)(=O)O)c4)c4cccc(S(=O)(=O)O)c4)cc3)cc2)c2cccc(S(=O)(=O)O)c2)c1. The van der Waals surface area contributed by atoms with Crippen molar-refractivity contribution in [3.63, 3.8) is 0 Å². The Bertz CT molecular complexity index is 2520. The molecule has 0 aliphatic carbocycles. The van der Waals surface area contributed by atoms with Gasteiger partial charge in [0, 0.05) is 12.3 Å². The molecule has 0 saturated carbocycles. The van der Waals surface area contributed by atoms with Crippen LogP contribution in [0.2, 0.25) is 0 Å². The summed E-state index contributed by atoms with van der Waals surface area (Å²) in [6, 6.07) is 38.3. The van der Waals surface area contributed by atoms with Gasteiger partial charge < -0.3 is 0 Å². The highest BCUT2D eigenvalue weighted by Gasteiger charge is 2.22. The average molecular weight is 871 g/mol. The third-order valence-electron chi connectivity index (χ3n) is 8.63. The molecule has 18 heteroatoms. The summed E-state index contributed by atoms with van der Waals surface area (Å²) in [4.78, 5) is -1.23. The second-order valence-corrected chi connectivity index (χ2v) is 22.6. The molecule has 56 heavy (non-hydrogen) atoms. The van der Waals surface area contributed by atoms with Gasteiger partial charge in [0.05, 0.1) is 19.6 Å². The molecule has 0 spiro atoms. The molecule has 0 aliphatic rings. The molecule has 0 radical (unpaired) electrons. The molecule has 0 fully saturated rings. The first-order chi connectivity index (χ1) is 26.3. The summed E-state index contributed by atoms with van der Waals surface area (Å²) in [5.41, 5.74) is 3.40. The fourth-order valence-corrected chi connectivity index (χ4v) is 13.1. The van der Waals surface area contributed by atoms with Crippen LogP contribution in [0.3, 0.4) is 0 Å². The van der Waals surface area contributed by atoms with E-state index in [-0.39, 0.29) is 19.6 Å². The molecule has 6 rings (SSSR count). The Labute approximate surface area is 327 Å². The Hall–Kier alpha value is -4.18. The van der Waals surface area contributed by atoms with Crippen molar-refractivity contribution < 1.29 is 51.9 Å². The number of hydrogen-bond donors (Lipinski definition) is 4. The summed E-state index contributed by atoms with van der Waals surface area (Å²) >= 11 is 0. The van der Waals surface area contributed by atoms with Gasteiger partial charge in [0.2, 0.25) is 0 Å². The normalized spacial score (nSPS) is 12.6. The van der Waals surface area contributed by atoms with Crippen LogP contribution in [0.1, 0.15) is 11.1 Å². The van der Waals surface area contributed by atoms with Crippen LogP contribution in [0.15, 0.2) is 165 Å². The summed E-state index contributed by atoms with van der Waals surface area (Å²) in [6.07, 6.45) is 0.721. The largest absolute Gasteiger partial charge is 0.294 e. The van der Waals surface area contributed by atoms with E-state index in [4.69, 9.17) is 0 Å². The van der Waals surface area contributed by atoms with Crippen LogP contribution in [0.4, 0.5) is 0 Å². The molecule has 290 valence electrons. The molecule has 0 bridgehead atoms. The molecule has 0 saturated heterocycles. The van der Waals surface area contributed by atoms with Crippen LogP contribution < -0.4 is 21.2 Å². The predicted molar refractivity (Wildman–Crippen MR) is 217 cm³/mol. The highest BCUT2D eigenvalue weighted by Crippen LogP contribution is 2.41. The van der Waals surface area contributed by atoms with E-state index >= 15 is 0 Å². The van der Waals surface area contributed by atoms with Gasteiger partial charge in [0.1, 0.15) is 0 Å². The van der Waals surface area contributed by atoms with Crippen molar-refractivity contribution in [3.8, 4) is 11.1 Å². The third kappa shape index (κ3) is 10.2. The lowest BCUT2D eigenvalue weighted by Crippen LogP contribution is -2.16. The van der Waals surface area contributed by atoms with E-state index in [1.807, 2.05) is 48.5 Å².